The monoisotopic (exact) mass is 372 g/mol. The standard InChI is InChI=1S/C17H19F3N2O4/c1-9-3-4-22(14(5-9)16(25)26)15(24)11-6-12(17(18,19)20)8-13(7-11)21-10(2)23/h6-9,14H,3-5H2,1-2H3,(H,21,23)(H,25,26). The first-order chi connectivity index (χ1) is 12.0. The van der Waals surface area contributed by atoms with Crippen LogP contribution in [0, 0.1) is 5.92 Å². The smallest absolute Gasteiger partial charge is 0.416 e. The number of carboxylic acids is 1. The number of likely N-dealkylation sites (tertiary alicyclic amines) is 1. The van der Waals surface area contributed by atoms with E-state index >= 15 is 0 Å². The second-order valence-electron chi connectivity index (χ2n) is 6.46. The van der Waals surface area contributed by atoms with Gasteiger partial charge in [-0.25, -0.2) is 4.79 Å². The fourth-order valence-electron chi connectivity index (χ4n) is 2.97. The highest BCUT2D eigenvalue weighted by atomic mass is 19.4. The molecule has 2 amide bonds. The van der Waals surface area contributed by atoms with E-state index in [0.717, 1.165) is 24.0 Å². The molecule has 2 unspecified atom stereocenters. The molecule has 142 valence electrons. The SMILES string of the molecule is CC(=O)Nc1cc(C(=O)N2CCC(C)CC2C(=O)O)cc(C(F)(F)F)c1. The highest BCUT2D eigenvalue weighted by Crippen LogP contribution is 2.33. The Kier molecular flexibility index (Phi) is 5.58. The van der Waals surface area contributed by atoms with Gasteiger partial charge in [-0.1, -0.05) is 6.92 Å². The Balaban J connectivity index is 2.43. The van der Waals surface area contributed by atoms with Gasteiger partial charge in [-0.15, -0.1) is 0 Å². The number of halogens is 3. The van der Waals surface area contributed by atoms with Gasteiger partial charge >= 0.3 is 12.1 Å². The molecule has 0 spiro atoms. The summed E-state index contributed by atoms with van der Waals surface area (Å²) in [6, 6.07) is 1.43. The van der Waals surface area contributed by atoms with E-state index in [1.165, 1.54) is 0 Å². The molecule has 2 atom stereocenters. The Morgan fingerprint density at radius 3 is 2.42 bits per heavy atom. The second kappa shape index (κ2) is 7.35. The number of hydrogen-bond acceptors (Lipinski definition) is 3. The van der Waals surface area contributed by atoms with Crippen LogP contribution in [0.4, 0.5) is 18.9 Å². The van der Waals surface area contributed by atoms with Crippen LogP contribution in [0.5, 0.6) is 0 Å². The van der Waals surface area contributed by atoms with E-state index in [0.29, 0.717) is 12.5 Å². The number of rotatable bonds is 3. The van der Waals surface area contributed by atoms with Gasteiger partial charge in [0.2, 0.25) is 5.91 Å². The van der Waals surface area contributed by atoms with Crippen molar-refractivity contribution in [2.24, 2.45) is 5.92 Å². The van der Waals surface area contributed by atoms with E-state index in [4.69, 9.17) is 0 Å². The van der Waals surface area contributed by atoms with Crippen molar-refractivity contribution in [3.05, 3.63) is 29.3 Å². The molecule has 0 saturated carbocycles. The van der Waals surface area contributed by atoms with Crippen molar-refractivity contribution >= 4 is 23.5 Å². The first-order valence-corrected chi connectivity index (χ1v) is 8.02. The number of aliphatic carboxylic acids is 1. The van der Waals surface area contributed by atoms with Crippen molar-refractivity contribution < 1.29 is 32.7 Å². The lowest BCUT2D eigenvalue weighted by Crippen LogP contribution is -2.49. The van der Waals surface area contributed by atoms with E-state index in [2.05, 4.69) is 5.32 Å². The summed E-state index contributed by atoms with van der Waals surface area (Å²) in [4.78, 5) is 36.4. The van der Waals surface area contributed by atoms with Crippen LogP contribution in [0.15, 0.2) is 18.2 Å². The summed E-state index contributed by atoms with van der Waals surface area (Å²) in [5.74, 6) is -2.49. The predicted molar refractivity (Wildman–Crippen MR) is 86.6 cm³/mol. The van der Waals surface area contributed by atoms with Gasteiger partial charge in [-0.2, -0.15) is 13.2 Å². The van der Waals surface area contributed by atoms with Crippen molar-refractivity contribution in [3.63, 3.8) is 0 Å². The Labute approximate surface area is 148 Å². The highest BCUT2D eigenvalue weighted by Gasteiger charge is 2.37. The molecule has 1 heterocycles. The summed E-state index contributed by atoms with van der Waals surface area (Å²) in [6.45, 7) is 3.13. The maximum absolute atomic E-state index is 13.1. The molecule has 0 radical (unpaired) electrons. The van der Waals surface area contributed by atoms with Gasteiger partial charge in [-0.05, 0) is 37.0 Å². The lowest BCUT2D eigenvalue weighted by Gasteiger charge is -2.36. The van der Waals surface area contributed by atoms with Crippen molar-refractivity contribution in [1.82, 2.24) is 4.90 Å². The van der Waals surface area contributed by atoms with Gasteiger partial charge in [0, 0.05) is 24.7 Å². The largest absolute Gasteiger partial charge is 0.480 e. The molecule has 0 bridgehead atoms. The van der Waals surface area contributed by atoms with E-state index in [9.17, 15) is 32.7 Å². The Hall–Kier alpha value is -2.58. The van der Waals surface area contributed by atoms with Crippen LogP contribution in [0.25, 0.3) is 0 Å². The molecule has 0 aliphatic carbocycles. The molecule has 1 aromatic rings. The Morgan fingerprint density at radius 1 is 1.23 bits per heavy atom. The van der Waals surface area contributed by atoms with Crippen LogP contribution in [-0.2, 0) is 15.8 Å². The number of carbonyl (C=O) groups excluding carboxylic acids is 2. The minimum Gasteiger partial charge on any atom is -0.480 e. The minimum atomic E-state index is -4.72. The maximum atomic E-state index is 13.1. The molecule has 9 heteroatoms. The summed E-state index contributed by atoms with van der Waals surface area (Å²) in [7, 11) is 0. The van der Waals surface area contributed by atoms with Gasteiger partial charge in [0.1, 0.15) is 6.04 Å². The van der Waals surface area contributed by atoms with Gasteiger partial charge in [0.25, 0.3) is 5.91 Å². The molecule has 2 rings (SSSR count). The summed E-state index contributed by atoms with van der Waals surface area (Å²) >= 11 is 0. The fourth-order valence-corrected chi connectivity index (χ4v) is 2.97. The fraction of sp³-hybridized carbons (Fsp3) is 0.471. The topological polar surface area (TPSA) is 86.7 Å². The molecule has 26 heavy (non-hydrogen) atoms. The molecule has 1 aliphatic rings. The number of anilines is 1. The summed E-state index contributed by atoms with van der Waals surface area (Å²) in [6.07, 6.45) is -3.92. The third-order valence-electron chi connectivity index (χ3n) is 4.24. The molecular formula is C17H19F3N2O4. The molecule has 6 nitrogen and oxygen atoms in total. The van der Waals surface area contributed by atoms with Gasteiger partial charge in [0.05, 0.1) is 5.56 Å². The summed E-state index contributed by atoms with van der Waals surface area (Å²) in [5, 5.41) is 11.6. The van der Waals surface area contributed by atoms with E-state index in [-0.39, 0.29) is 30.1 Å². The van der Waals surface area contributed by atoms with Crippen LogP contribution < -0.4 is 5.32 Å². The third kappa shape index (κ3) is 4.53. The number of piperidine rings is 1. The number of carboxylic acid groups (broad SMARTS) is 1. The van der Waals surface area contributed by atoms with Crippen LogP contribution in [-0.4, -0.2) is 40.4 Å². The van der Waals surface area contributed by atoms with E-state index in [1.807, 2.05) is 6.92 Å². The van der Waals surface area contributed by atoms with Crippen LogP contribution >= 0.6 is 0 Å². The zero-order chi connectivity index (χ0) is 19.6. The minimum absolute atomic E-state index is 0.0941. The van der Waals surface area contributed by atoms with Crippen molar-refractivity contribution in [2.45, 2.75) is 38.9 Å². The molecular weight excluding hydrogens is 353 g/mol. The average Bonchev–Trinajstić information content (AvgIpc) is 2.52. The number of alkyl halides is 3. The Morgan fingerprint density at radius 2 is 1.88 bits per heavy atom. The van der Waals surface area contributed by atoms with Gasteiger partial charge < -0.3 is 15.3 Å². The molecule has 1 aromatic carbocycles. The molecule has 0 aromatic heterocycles. The highest BCUT2D eigenvalue weighted by molar-refractivity contribution is 5.99. The van der Waals surface area contributed by atoms with Crippen LogP contribution in [0.1, 0.15) is 42.6 Å². The summed E-state index contributed by atoms with van der Waals surface area (Å²) < 4.78 is 39.3. The van der Waals surface area contributed by atoms with E-state index < -0.39 is 35.6 Å². The quantitative estimate of drug-likeness (QED) is 0.854. The van der Waals surface area contributed by atoms with Crippen molar-refractivity contribution in [1.29, 1.82) is 0 Å². The lowest BCUT2D eigenvalue weighted by molar-refractivity contribution is -0.144. The number of nitrogens with zero attached hydrogens (tertiary/aromatic N) is 1. The first kappa shape index (κ1) is 19.7. The van der Waals surface area contributed by atoms with Crippen LogP contribution in [0.2, 0.25) is 0 Å². The van der Waals surface area contributed by atoms with Gasteiger partial charge in [-0.3, -0.25) is 9.59 Å². The number of carbonyl (C=O) groups is 3. The van der Waals surface area contributed by atoms with E-state index in [1.54, 1.807) is 0 Å². The number of hydrogen-bond donors (Lipinski definition) is 2. The lowest BCUT2D eigenvalue weighted by atomic mass is 9.91. The normalized spacial score (nSPS) is 20.6. The zero-order valence-electron chi connectivity index (χ0n) is 14.3. The number of nitrogens with one attached hydrogen (secondary N) is 1. The predicted octanol–water partition coefficient (Wildman–Crippen LogP) is 2.99. The molecule has 1 saturated heterocycles. The molecule has 1 aliphatic heterocycles. The average molecular weight is 372 g/mol. The third-order valence-corrected chi connectivity index (χ3v) is 4.24. The second-order valence-corrected chi connectivity index (χ2v) is 6.46. The molecule has 2 N–H and O–H groups in total. The number of benzene rings is 1. The van der Waals surface area contributed by atoms with Crippen molar-refractivity contribution in [3.8, 4) is 0 Å². The first-order valence-electron chi connectivity index (χ1n) is 8.02. The number of amides is 2. The summed E-state index contributed by atoms with van der Waals surface area (Å²) in [5.41, 5.74) is -1.58. The van der Waals surface area contributed by atoms with Crippen molar-refractivity contribution in [2.75, 3.05) is 11.9 Å². The zero-order valence-corrected chi connectivity index (χ0v) is 14.3. The van der Waals surface area contributed by atoms with Crippen LogP contribution in [0.3, 0.4) is 0 Å². The van der Waals surface area contributed by atoms with Gasteiger partial charge in [0.15, 0.2) is 0 Å². The molecule has 1 fully saturated rings. The Bertz CT molecular complexity index is 733. The maximum Gasteiger partial charge on any atom is 0.416 e.